The van der Waals surface area contributed by atoms with Gasteiger partial charge >= 0.3 is 0 Å². The average Bonchev–Trinajstić information content (AvgIpc) is 2.73. The van der Waals surface area contributed by atoms with Gasteiger partial charge in [0, 0.05) is 12.5 Å². The number of tetrazole rings is 1. The van der Waals surface area contributed by atoms with Crippen LogP contribution in [0.15, 0.2) is 0 Å². The van der Waals surface area contributed by atoms with E-state index in [9.17, 15) is 0 Å². The van der Waals surface area contributed by atoms with E-state index in [4.69, 9.17) is 5.73 Å². The summed E-state index contributed by atoms with van der Waals surface area (Å²) in [7, 11) is 0. The van der Waals surface area contributed by atoms with E-state index in [0.29, 0.717) is 5.92 Å². The monoisotopic (exact) mass is 195 g/mol. The van der Waals surface area contributed by atoms with E-state index >= 15 is 0 Å². The van der Waals surface area contributed by atoms with Crippen molar-refractivity contribution in [3.05, 3.63) is 5.82 Å². The third-order valence-corrected chi connectivity index (χ3v) is 2.82. The molecular weight excluding hydrogens is 178 g/mol. The lowest BCUT2D eigenvalue weighted by molar-refractivity contribution is 0.523. The van der Waals surface area contributed by atoms with Crippen LogP contribution in [0.1, 0.15) is 37.9 Å². The Hall–Kier alpha value is -0.970. The first kappa shape index (κ1) is 9.58. The molecule has 2 rings (SSSR count). The maximum atomic E-state index is 5.44. The zero-order valence-corrected chi connectivity index (χ0v) is 8.56. The van der Waals surface area contributed by atoms with E-state index in [2.05, 4.69) is 22.4 Å². The summed E-state index contributed by atoms with van der Waals surface area (Å²) in [4.78, 5) is 0. The summed E-state index contributed by atoms with van der Waals surface area (Å²) in [5.41, 5.74) is 5.44. The molecule has 2 N–H and O–H groups in total. The van der Waals surface area contributed by atoms with Gasteiger partial charge in [-0.05, 0) is 42.2 Å². The summed E-state index contributed by atoms with van der Waals surface area (Å²) < 4.78 is 1.93. The molecule has 0 radical (unpaired) electrons. The largest absolute Gasteiger partial charge is 0.330 e. The first-order chi connectivity index (χ1) is 6.83. The molecule has 0 bridgehead atoms. The summed E-state index contributed by atoms with van der Waals surface area (Å²) in [6, 6.07) is 0. The molecule has 0 amide bonds. The Bertz CT molecular complexity index is 295. The fourth-order valence-electron chi connectivity index (χ4n) is 1.72. The van der Waals surface area contributed by atoms with Gasteiger partial charge in [0.05, 0.1) is 0 Å². The van der Waals surface area contributed by atoms with Crippen LogP contribution < -0.4 is 5.73 Å². The molecule has 2 atom stereocenters. The van der Waals surface area contributed by atoms with Gasteiger partial charge in [-0.1, -0.05) is 6.92 Å². The number of hydrogen-bond acceptors (Lipinski definition) is 4. The molecule has 1 aromatic rings. The maximum absolute atomic E-state index is 5.44. The van der Waals surface area contributed by atoms with Crippen molar-refractivity contribution in [2.24, 2.45) is 11.7 Å². The Labute approximate surface area is 83.7 Å². The highest BCUT2D eigenvalue weighted by Crippen LogP contribution is 2.45. The van der Waals surface area contributed by atoms with Gasteiger partial charge in [-0.25, -0.2) is 4.68 Å². The SMILES string of the molecule is CC1CC1c1nnnn1CCCCN. The van der Waals surface area contributed by atoms with Crippen molar-refractivity contribution < 1.29 is 0 Å². The molecular formula is C9H17N5. The highest BCUT2D eigenvalue weighted by molar-refractivity contribution is 5.06. The smallest absolute Gasteiger partial charge is 0.154 e. The first-order valence-corrected chi connectivity index (χ1v) is 5.29. The summed E-state index contributed by atoms with van der Waals surface area (Å²) in [5.74, 6) is 2.42. The molecule has 2 unspecified atom stereocenters. The Kier molecular flexibility index (Phi) is 2.77. The highest BCUT2D eigenvalue weighted by Gasteiger charge is 2.38. The molecule has 1 saturated carbocycles. The third-order valence-electron chi connectivity index (χ3n) is 2.82. The zero-order valence-electron chi connectivity index (χ0n) is 8.56. The van der Waals surface area contributed by atoms with Gasteiger partial charge in [0.15, 0.2) is 5.82 Å². The predicted octanol–water partition coefficient (Wildman–Crippen LogP) is 0.535. The molecule has 1 heterocycles. The number of hydrogen-bond donors (Lipinski definition) is 1. The van der Waals surface area contributed by atoms with Crippen molar-refractivity contribution in [2.75, 3.05) is 6.54 Å². The number of nitrogens with zero attached hydrogens (tertiary/aromatic N) is 4. The second-order valence-corrected chi connectivity index (χ2v) is 4.08. The Morgan fingerprint density at radius 2 is 2.29 bits per heavy atom. The normalized spacial score (nSPS) is 25.3. The molecule has 0 aliphatic heterocycles. The van der Waals surface area contributed by atoms with Crippen LogP contribution in [-0.2, 0) is 6.54 Å². The summed E-state index contributed by atoms with van der Waals surface area (Å²) in [6.45, 7) is 3.89. The molecule has 14 heavy (non-hydrogen) atoms. The minimum Gasteiger partial charge on any atom is -0.330 e. The van der Waals surface area contributed by atoms with Gasteiger partial charge < -0.3 is 5.73 Å². The molecule has 5 heteroatoms. The Morgan fingerprint density at radius 1 is 1.50 bits per heavy atom. The van der Waals surface area contributed by atoms with E-state index < -0.39 is 0 Å². The van der Waals surface area contributed by atoms with Crippen LogP contribution in [0.4, 0.5) is 0 Å². The lowest BCUT2D eigenvalue weighted by atomic mass is 10.3. The van der Waals surface area contributed by atoms with Gasteiger partial charge in [-0.2, -0.15) is 0 Å². The highest BCUT2D eigenvalue weighted by atomic mass is 15.5. The average molecular weight is 195 g/mol. The molecule has 1 fully saturated rings. The van der Waals surface area contributed by atoms with Gasteiger partial charge in [0.2, 0.25) is 0 Å². The maximum Gasteiger partial charge on any atom is 0.154 e. The van der Waals surface area contributed by atoms with Crippen molar-refractivity contribution in [1.29, 1.82) is 0 Å². The molecule has 1 aromatic heterocycles. The number of aryl methyl sites for hydroxylation is 1. The Balaban J connectivity index is 1.93. The summed E-state index contributed by atoms with van der Waals surface area (Å²) in [6.07, 6.45) is 3.34. The minimum atomic E-state index is 0.600. The van der Waals surface area contributed by atoms with E-state index in [1.807, 2.05) is 4.68 Å². The Morgan fingerprint density at radius 3 is 2.93 bits per heavy atom. The van der Waals surface area contributed by atoms with Crippen molar-refractivity contribution in [1.82, 2.24) is 20.2 Å². The van der Waals surface area contributed by atoms with Crippen molar-refractivity contribution in [3.63, 3.8) is 0 Å². The summed E-state index contributed by atoms with van der Waals surface area (Å²) in [5, 5.41) is 11.8. The first-order valence-electron chi connectivity index (χ1n) is 5.29. The minimum absolute atomic E-state index is 0.600. The van der Waals surface area contributed by atoms with Crippen LogP contribution in [0.3, 0.4) is 0 Å². The van der Waals surface area contributed by atoms with Crippen LogP contribution in [0, 0.1) is 5.92 Å². The van der Waals surface area contributed by atoms with E-state index in [-0.39, 0.29) is 0 Å². The molecule has 5 nitrogen and oxygen atoms in total. The predicted molar refractivity (Wildman–Crippen MR) is 52.6 cm³/mol. The molecule has 1 aliphatic rings. The van der Waals surface area contributed by atoms with E-state index in [1.54, 1.807) is 0 Å². The molecule has 0 spiro atoms. The fraction of sp³-hybridized carbons (Fsp3) is 0.889. The summed E-state index contributed by atoms with van der Waals surface area (Å²) >= 11 is 0. The van der Waals surface area contributed by atoms with Crippen molar-refractivity contribution in [3.8, 4) is 0 Å². The van der Waals surface area contributed by atoms with Crippen LogP contribution in [0.5, 0.6) is 0 Å². The quantitative estimate of drug-likeness (QED) is 0.696. The zero-order chi connectivity index (χ0) is 9.97. The molecule has 1 aliphatic carbocycles. The van der Waals surface area contributed by atoms with Crippen LogP contribution >= 0.6 is 0 Å². The second kappa shape index (κ2) is 4.04. The van der Waals surface area contributed by atoms with Crippen LogP contribution in [0.25, 0.3) is 0 Å². The van der Waals surface area contributed by atoms with Gasteiger partial charge in [0.25, 0.3) is 0 Å². The number of nitrogens with two attached hydrogens (primary N) is 1. The third kappa shape index (κ3) is 1.92. The number of rotatable bonds is 5. The van der Waals surface area contributed by atoms with Gasteiger partial charge in [-0.15, -0.1) is 5.10 Å². The molecule has 0 saturated heterocycles. The second-order valence-electron chi connectivity index (χ2n) is 4.08. The van der Waals surface area contributed by atoms with E-state index in [0.717, 1.165) is 37.7 Å². The molecule has 0 aromatic carbocycles. The van der Waals surface area contributed by atoms with Gasteiger partial charge in [0.1, 0.15) is 0 Å². The van der Waals surface area contributed by atoms with Crippen molar-refractivity contribution >= 4 is 0 Å². The number of unbranched alkanes of at least 4 members (excludes halogenated alkanes) is 1. The topological polar surface area (TPSA) is 69.6 Å². The van der Waals surface area contributed by atoms with Gasteiger partial charge in [-0.3, -0.25) is 0 Å². The molecule has 78 valence electrons. The van der Waals surface area contributed by atoms with E-state index in [1.165, 1.54) is 6.42 Å². The number of aromatic nitrogens is 4. The van der Waals surface area contributed by atoms with Crippen LogP contribution in [0.2, 0.25) is 0 Å². The van der Waals surface area contributed by atoms with Crippen LogP contribution in [-0.4, -0.2) is 26.8 Å². The lowest BCUT2D eigenvalue weighted by Gasteiger charge is -2.02. The lowest BCUT2D eigenvalue weighted by Crippen LogP contribution is -2.07. The van der Waals surface area contributed by atoms with Crippen molar-refractivity contribution in [2.45, 2.75) is 38.6 Å². The fourth-order valence-corrected chi connectivity index (χ4v) is 1.72. The standard InChI is InChI=1S/C9H17N5/c1-7-6-8(7)9-11-12-13-14(9)5-3-2-4-10/h7-8H,2-6,10H2,1H3.